The van der Waals surface area contributed by atoms with E-state index in [1.165, 1.54) is 0 Å². The Bertz CT molecular complexity index is 585. The van der Waals surface area contributed by atoms with Crippen molar-refractivity contribution < 1.29 is 13.2 Å². The largest absolute Gasteiger partial charge is 0.341 e. The van der Waals surface area contributed by atoms with Crippen LogP contribution in [0.2, 0.25) is 0 Å². The van der Waals surface area contributed by atoms with Crippen LogP contribution in [0.1, 0.15) is 12.0 Å². The third kappa shape index (κ3) is 3.57. The first-order valence-corrected chi connectivity index (χ1v) is 8.69. The first-order chi connectivity index (χ1) is 8.89. The van der Waals surface area contributed by atoms with Gasteiger partial charge in [0.25, 0.3) is 0 Å². The number of halogens is 1. The Hall–Kier alpha value is -0.880. The zero-order chi connectivity index (χ0) is 14.0. The molecule has 104 valence electrons. The van der Waals surface area contributed by atoms with Gasteiger partial charge < -0.3 is 4.90 Å². The van der Waals surface area contributed by atoms with Gasteiger partial charge in [0.15, 0.2) is 9.84 Å². The highest BCUT2D eigenvalue weighted by Gasteiger charge is 2.34. The number of amides is 1. The Balaban J connectivity index is 2.03. The highest BCUT2D eigenvalue weighted by Crippen LogP contribution is 2.22. The predicted molar refractivity (Wildman–Crippen MR) is 77.4 cm³/mol. The molecule has 0 radical (unpaired) electrons. The lowest BCUT2D eigenvalue weighted by atomic mass is 10.1. The fraction of sp³-hybridized carbons (Fsp3) is 0.462. The summed E-state index contributed by atoms with van der Waals surface area (Å²) in [6, 6.07) is 7.70. The van der Waals surface area contributed by atoms with Crippen LogP contribution in [0.15, 0.2) is 28.7 Å². The number of benzene rings is 1. The number of hydrogen-bond donors (Lipinski definition) is 0. The van der Waals surface area contributed by atoms with Gasteiger partial charge in [-0.05, 0) is 18.1 Å². The molecule has 1 aliphatic heterocycles. The summed E-state index contributed by atoms with van der Waals surface area (Å²) in [6.45, 7) is 0.483. The molecule has 1 unspecified atom stereocenters. The lowest BCUT2D eigenvalue weighted by Crippen LogP contribution is -2.33. The van der Waals surface area contributed by atoms with Crippen LogP contribution in [-0.2, 0) is 21.2 Å². The normalized spacial score (nSPS) is 21.3. The highest BCUT2D eigenvalue weighted by molar-refractivity contribution is 9.10. The van der Waals surface area contributed by atoms with Crippen molar-refractivity contribution in [2.24, 2.45) is 5.92 Å². The number of hydrogen-bond acceptors (Lipinski definition) is 3. The molecule has 1 fully saturated rings. The monoisotopic (exact) mass is 345 g/mol. The summed E-state index contributed by atoms with van der Waals surface area (Å²) in [5.74, 6) is -0.340. The maximum atomic E-state index is 12.2. The van der Waals surface area contributed by atoms with Crippen LogP contribution < -0.4 is 0 Å². The minimum Gasteiger partial charge on any atom is -0.341 e. The van der Waals surface area contributed by atoms with Crippen molar-refractivity contribution >= 4 is 31.7 Å². The van der Waals surface area contributed by atoms with Gasteiger partial charge in [0, 0.05) is 18.1 Å². The molecule has 1 amide bonds. The van der Waals surface area contributed by atoms with Gasteiger partial charge >= 0.3 is 0 Å². The van der Waals surface area contributed by atoms with E-state index in [0.717, 1.165) is 10.0 Å². The molecule has 1 aliphatic rings. The topological polar surface area (TPSA) is 54.5 Å². The number of sulfone groups is 1. The van der Waals surface area contributed by atoms with Crippen LogP contribution in [0, 0.1) is 5.92 Å². The third-order valence-corrected chi connectivity index (χ3v) is 5.86. The molecule has 19 heavy (non-hydrogen) atoms. The quantitative estimate of drug-likeness (QED) is 0.839. The molecule has 1 aromatic rings. The van der Waals surface area contributed by atoms with E-state index in [-0.39, 0.29) is 23.3 Å². The van der Waals surface area contributed by atoms with Gasteiger partial charge in [-0.3, -0.25) is 4.79 Å². The fourth-order valence-electron chi connectivity index (χ4n) is 2.26. The van der Waals surface area contributed by atoms with Crippen molar-refractivity contribution in [3.63, 3.8) is 0 Å². The zero-order valence-corrected chi connectivity index (χ0v) is 13.1. The van der Waals surface area contributed by atoms with Crippen molar-refractivity contribution in [2.75, 3.05) is 18.6 Å². The fourth-order valence-corrected chi connectivity index (χ4v) is 4.40. The second kappa shape index (κ2) is 5.63. The highest BCUT2D eigenvalue weighted by atomic mass is 79.9. The molecule has 2 rings (SSSR count). The summed E-state index contributed by atoms with van der Waals surface area (Å²) in [5, 5.41) is 0. The first kappa shape index (κ1) is 14.5. The van der Waals surface area contributed by atoms with Crippen LogP contribution in [0.5, 0.6) is 0 Å². The van der Waals surface area contributed by atoms with Crippen LogP contribution in [0.3, 0.4) is 0 Å². The van der Waals surface area contributed by atoms with Gasteiger partial charge in [-0.1, -0.05) is 34.1 Å². The van der Waals surface area contributed by atoms with Crippen molar-refractivity contribution in [3.05, 3.63) is 34.3 Å². The number of carbonyl (C=O) groups excluding carboxylic acids is 1. The van der Waals surface area contributed by atoms with E-state index in [4.69, 9.17) is 0 Å². The molecular weight excluding hydrogens is 330 g/mol. The molecule has 0 bridgehead atoms. The van der Waals surface area contributed by atoms with E-state index < -0.39 is 9.84 Å². The predicted octanol–water partition coefficient (Wildman–Crippen LogP) is 1.84. The van der Waals surface area contributed by atoms with Gasteiger partial charge in [0.1, 0.15) is 0 Å². The molecule has 4 nitrogen and oxygen atoms in total. The van der Waals surface area contributed by atoms with Crippen LogP contribution in [0.4, 0.5) is 0 Å². The third-order valence-electron chi connectivity index (χ3n) is 3.32. The summed E-state index contributed by atoms with van der Waals surface area (Å²) in [7, 11) is -1.30. The van der Waals surface area contributed by atoms with E-state index in [1.54, 1.807) is 11.9 Å². The summed E-state index contributed by atoms with van der Waals surface area (Å²) >= 11 is 3.44. The molecule has 1 aromatic carbocycles. The lowest BCUT2D eigenvalue weighted by Gasteiger charge is -2.21. The van der Waals surface area contributed by atoms with Crippen molar-refractivity contribution in [1.82, 2.24) is 4.90 Å². The van der Waals surface area contributed by atoms with E-state index in [0.29, 0.717) is 13.0 Å². The standard InChI is InChI=1S/C13H16BrNO3S/c1-15(8-10-4-2-3-5-12(10)14)13(16)11-6-7-19(17,18)9-11/h2-5,11H,6-9H2,1H3. The van der Waals surface area contributed by atoms with Crippen molar-refractivity contribution in [2.45, 2.75) is 13.0 Å². The summed E-state index contributed by atoms with van der Waals surface area (Å²) in [5.41, 5.74) is 1.01. The van der Waals surface area contributed by atoms with Gasteiger partial charge in [0.05, 0.1) is 17.4 Å². The Labute approximate surface area is 121 Å². The smallest absolute Gasteiger partial charge is 0.226 e. The number of nitrogens with zero attached hydrogens (tertiary/aromatic N) is 1. The molecule has 1 heterocycles. The van der Waals surface area contributed by atoms with Gasteiger partial charge in [-0.15, -0.1) is 0 Å². The van der Waals surface area contributed by atoms with Crippen LogP contribution in [-0.4, -0.2) is 37.8 Å². The minimum absolute atomic E-state index is 0.00780. The van der Waals surface area contributed by atoms with Crippen LogP contribution >= 0.6 is 15.9 Å². The Morgan fingerprint density at radius 3 is 2.68 bits per heavy atom. The van der Waals surface area contributed by atoms with E-state index in [9.17, 15) is 13.2 Å². The Morgan fingerprint density at radius 1 is 1.42 bits per heavy atom. The Kier molecular flexibility index (Phi) is 4.30. The minimum atomic E-state index is -3.01. The summed E-state index contributed by atoms with van der Waals surface area (Å²) in [6.07, 6.45) is 0.446. The van der Waals surface area contributed by atoms with Crippen molar-refractivity contribution in [3.8, 4) is 0 Å². The zero-order valence-electron chi connectivity index (χ0n) is 10.7. The molecular formula is C13H16BrNO3S. The van der Waals surface area contributed by atoms with Gasteiger partial charge in [-0.2, -0.15) is 0 Å². The second-order valence-corrected chi connectivity index (χ2v) is 7.97. The SMILES string of the molecule is CN(Cc1ccccc1Br)C(=O)C1CCS(=O)(=O)C1. The molecule has 0 spiro atoms. The maximum Gasteiger partial charge on any atom is 0.226 e. The lowest BCUT2D eigenvalue weighted by molar-refractivity contribution is -0.133. The number of rotatable bonds is 3. The van der Waals surface area contributed by atoms with Gasteiger partial charge in [-0.25, -0.2) is 8.42 Å². The molecule has 6 heteroatoms. The molecule has 0 aromatic heterocycles. The molecule has 1 saturated heterocycles. The summed E-state index contributed by atoms with van der Waals surface area (Å²) in [4.78, 5) is 13.8. The molecule has 0 N–H and O–H groups in total. The molecule has 0 aliphatic carbocycles. The second-order valence-electron chi connectivity index (χ2n) is 4.89. The molecule has 1 atom stereocenters. The van der Waals surface area contributed by atoms with Gasteiger partial charge in [0.2, 0.25) is 5.91 Å². The molecule has 0 saturated carbocycles. The number of carbonyl (C=O) groups is 1. The average Bonchev–Trinajstić information content (AvgIpc) is 2.71. The van der Waals surface area contributed by atoms with E-state index in [1.807, 2.05) is 24.3 Å². The van der Waals surface area contributed by atoms with Crippen molar-refractivity contribution in [1.29, 1.82) is 0 Å². The van der Waals surface area contributed by atoms with Crippen LogP contribution in [0.25, 0.3) is 0 Å². The summed E-state index contributed by atoms with van der Waals surface area (Å²) < 4.78 is 23.8. The van der Waals surface area contributed by atoms with E-state index >= 15 is 0 Å². The average molecular weight is 346 g/mol. The Morgan fingerprint density at radius 2 is 2.11 bits per heavy atom. The van der Waals surface area contributed by atoms with E-state index in [2.05, 4.69) is 15.9 Å². The maximum absolute atomic E-state index is 12.2. The first-order valence-electron chi connectivity index (χ1n) is 6.08.